The summed E-state index contributed by atoms with van der Waals surface area (Å²) < 4.78 is 21.8. The molecule has 368 valence electrons. The van der Waals surface area contributed by atoms with Crippen LogP contribution >= 0.6 is 12.6 Å². The average Bonchev–Trinajstić information content (AvgIpc) is 3.59. The van der Waals surface area contributed by atoms with Gasteiger partial charge in [-0.15, -0.1) is 12.6 Å². The van der Waals surface area contributed by atoms with Crippen molar-refractivity contribution in [1.82, 2.24) is 30.7 Å². The van der Waals surface area contributed by atoms with E-state index >= 15 is 0 Å². The highest BCUT2D eigenvalue weighted by Gasteiger charge is 2.29. The van der Waals surface area contributed by atoms with Crippen LogP contribution in [0.4, 0.5) is 15.3 Å². The van der Waals surface area contributed by atoms with Crippen LogP contribution in [0, 0.1) is 5.92 Å². The Kier molecular flexibility index (Phi) is 19.7. The van der Waals surface area contributed by atoms with Gasteiger partial charge >= 0.3 is 17.8 Å². The Hall–Kier alpha value is -6.74. The van der Waals surface area contributed by atoms with E-state index in [0.717, 1.165) is 4.90 Å². The van der Waals surface area contributed by atoms with Crippen LogP contribution < -0.4 is 31.6 Å². The molecule has 2 atom stereocenters. The van der Waals surface area contributed by atoms with E-state index in [1.807, 2.05) is 13.8 Å². The zero-order chi connectivity index (χ0) is 50.2. The molecule has 2 aromatic carbocycles. The molecule has 0 saturated heterocycles. The van der Waals surface area contributed by atoms with Gasteiger partial charge in [0.25, 0.3) is 11.8 Å². The topological polar surface area (TPSA) is 252 Å². The third-order valence-corrected chi connectivity index (χ3v) is 11.0. The Labute approximate surface area is 399 Å². The van der Waals surface area contributed by atoms with E-state index in [1.165, 1.54) is 48.2 Å². The number of carbonyl (C=O) groups excluding carboxylic acids is 8. The van der Waals surface area contributed by atoms with Crippen LogP contribution in [0.2, 0.25) is 0 Å². The Balaban J connectivity index is 1.09. The highest BCUT2D eigenvalue weighted by atomic mass is 32.1. The molecule has 2 heterocycles. The van der Waals surface area contributed by atoms with Crippen molar-refractivity contribution < 1.29 is 57.0 Å². The van der Waals surface area contributed by atoms with Crippen molar-refractivity contribution >= 4 is 76.9 Å². The first-order valence-corrected chi connectivity index (χ1v) is 22.5. The number of benzene rings is 2. The fraction of sp³-hybridized carbons (Fsp3) is 0.468. The summed E-state index contributed by atoms with van der Waals surface area (Å²) in [7, 11) is 3.03. The number of carbonyl (C=O) groups is 8. The summed E-state index contributed by atoms with van der Waals surface area (Å²) in [6.45, 7) is 9.13. The molecule has 3 aromatic rings. The lowest BCUT2D eigenvalue weighted by molar-refractivity contribution is -0.137. The standard InChI is InChI=1S/C47H61N7O13S/c1-30(2)42(50-36(55)20-21-47(5,68)65-26-22-46(3,4)51-37(56)9-8-23-54-39(58)17-18-40(54)59)43(61)48-28-38(57)49-33-14-10-31(11-15-33)29-64-44(62)52(6)24-25-53(7)45(63)66-34-16-12-32-13-19-41(60)67-35(32)27-34/h10-19,27,30,42,68H,8-9,20-26,28-29H2,1-7H3,(H,48,61)(H,49,57)(H,50,55)(H,51,56). The van der Waals surface area contributed by atoms with Gasteiger partial charge in [0.15, 0.2) is 0 Å². The third kappa shape index (κ3) is 17.8. The van der Waals surface area contributed by atoms with Gasteiger partial charge in [-0.05, 0) is 81.8 Å². The Morgan fingerprint density at radius 1 is 0.809 bits per heavy atom. The van der Waals surface area contributed by atoms with Crippen LogP contribution in [-0.2, 0) is 44.8 Å². The van der Waals surface area contributed by atoms with E-state index in [2.05, 4.69) is 33.9 Å². The first kappa shape index (κ1) is 53.9. The second-order valence-electron chi connectivity index (χ2n) is 17.4. The van der Waals surface area contributed by atoms with Crippen LogP contribution in [0.3, 0.4) is 0 Å². The summed E-state index contributed by atoms with van der Waals surface area (Å²) in [5.74, 6) is -2.58. The molecular formula is C47H61N7O13S. The molecule has 8 amide bonds. The summed E-state index contributed by atoms with van der Waals surface area (Å²) in [6, 6.07) is 13.2. The van der Waals surface area contributed by atoms with Crippen LogP contribution in [0.15, 0.2) is 76.0 Å². The molecule has 4 rings (SSSR count). The predicted octanol–water partition coefficient (Wildman–Crippen LogP) is 4.12. The van der Waals surface area contributed by atoms with E-state index in [1.54, 1.807) is 63.2 Å². The minimum Gasteiger partial charge on any atom is -0.445 e. The van der Waals surface area contributed by atoms with Gasteiger partial charge in [0, 0.05) is 87.5 Å². The van der Waals surface area contributed by atoms with Crippen molar-refractivity contribution in [3.8, 4) is 5.75 Å². The van der Waals surface area contributed by atoms with Crippen molar-refractivity contribution in [2.24, 2.45) is 5.92 Å². The number of hydrogen-bond acceptors (Lipinski definition) is 14. The number of thiol groups is 1. The van der Waals surface area contributed by atoms with E-state index in [4.69, 9.17) is 18.6 Å². The van der Waals surface area contributed by atoms with Crippen LogP contribution in [0.1, 0.15) is 72.3 Å². The second kappa shape index (κ2) is 24.9. The maximum atomic E-state index is 13.1. The average molecular weight is 964 g/mol. The fourth-order valence-corrected chi connectivity index (χ4v) is 6.67. The van der Waals surface area contributed by atoms with Gasteiger partial charge in [-0.1, -0.05) is 26.0 Å². The maximum absolute atomic E-state index is 13.1. The van der Waals surface area contributed by atoms with Crippen molar-refractivity contribution in [3.63, 3.8) is 0 Å². The van der Waals surface area contributed by atoms with E-state index < -0.39 is 52.0 Å². The number of anilines is 1. The molecule has 0 spiro atoms. The molecule has 68 heavy (non-hydrogen) atoms. The number of rotatable bonds is 24. The molecule has 4 N–H and O–H groups in total. The molecule has 0 aliphatic carbocycles. The second-order valence-corrected chi connectivity index (χ2v) is 18.4. The number of ether oxygens (including phenoxy) is 3. The number of nitrogens with one attached hydrogen (secondary N) is 4. The lowest BCUT2D eigenvalue weighted by Crippen LogP contribution is -2.51. The minimum atomic E-state index is -1.00. The number of likely N-dealkylation sites (N-methyl/N-ethyl adjacent to an activating group) is 2. The largest absolute Gasteiger partial charge is 0.445 e. The molecule has 2 unspecified atom stereocenters. The lowest BCUT2D eigenvalue weighted by Gasteiger charge is -2.30. The summed E-state index contributed by atoms with van der Waals surface area (Å²) in [5, 5.41) is 11.6. The number of imide groups is 1. The molecule has 1 aliphatic rings. The van der Waals surface area contributed by atoms with Gasteiger partial charge in [-0.3, -0.25) is 33.7 Å². The molecule has 0 saturated carbocycles. The molecule has 0 radical (unpaired) electrons. The Morgan fingerprint density at radius 3 is 2.12 bits per heavy atom. The number of hydrogen-bond donors (Lipinski definition) is 5. The SMILES string of the molecule is CC(C)C(NC(=O)CCC(C)(S)OCCC(C)(C)NC(=O)CCCN1C(=O)C=CC1=O)C(=O)NCC(=O)Nc1ccc(COC(=O)N(C)CCN(C)C(=O)Oc2ccc3ccc(=O)oc3c2)cc1. The molecule has 21 heteroatoms. The third-order valence-electron chi connectivity index (χ3n) is 10.6. The van der Waals surface area contributed by atoms with Crippen molar-refractivity contribution in [2.75, 3.05) is 52.2 Å². The zero-order valence-corrected chi connectivity index (χ0v) is 40.3. The fourth-order valence-electron chi connectivity index (χ4n) is 6.46. The summed E-state index contributed by atoms with van der Waals surface area (Å²) in [5.41, 5.74) is 0.177. The number of fused-ring (bicyclic) bond motifs is 1. The molecule has 1 aromatic heterocycles. The van der Waals surface area contributed by atoms with Crippen molar-refractivity contribution in [1.29, 1.82) is 0 Å². The van der Waals surface area contributed by atoms with Crippen LogP contribution in [0.5, 0.6) is 5.75 Å². The minimum absolute atomic E-state index is 0.00482. The van der Waals surface area contributed by atoms with E-state index in [0.29, 0.717) is 29.5 Å². The van der Waals surface area contributed by atoms with Crippen molar-refractivity contribution in [2.45, 2.75) is 89.8 Å². The summed E-state index contributed by atoms with van der Waals surface area (Å²) >= 11 is 4.58. The first-order valence-electron chi connectivity index (χ1n) is 22.0. The summed E-state index contributed by atoms with van der Waals surface area (Å²) in [6.07, 6.45) is 2.20. The molecule has 20 nitrogen and oxygen atoms in total. The smallest absolute Gasteiger partial charge is 0.415 e. The normalized spacial score (nSPS) is 13.7. The highest BCUT2D eigenvalue weighted by Crippen LogP contribution is 2.24. The van der Waals surface area contributed by atoms with E-state index in [-0.39, 0.29) is 93.6 Å². The van der Waals surface area contributed by atoms with Crippen LogP contribution in [0.25, 0.3) is 11.0 Å². The maximum Gasteiger partial charge on any atom is 0.415 e. The molecular weight excluding hydrogens is 903 g/mol. The van der Waals surface area contributed by atoms with Gasteiger partial charge in [0.2, 0.25) is 23.6 Å². The number of nitrogens with zero attached hydrogens (tertiary/aromatic N) is 3. The molecule has 1 aliphatic heterocycles. The monoisotopic (exact) mass is 963 g/mol. The van der Waals surface area contributed by atoms with E-state index in [9.17, 15) is 43.2 Å². The Bertz CT molecular complexity index is 2380. The predicted molar refractivity (Wildman–Crippen MR) is 253 cm³/mol. The first-order chi connectivity index (χ1) is 32.0. The van der Waals surface area contributed by atoms with Gasteiger partial charge in [0.1, 0.15) is 28.9 Å². The lowest BCUT2D eigenvalue weighted by atomic mass is 10.0. The summed E-state index contributed by atoms with van der Waals surface area (Å²) in [4.78, 5) is 114. The Morgan fingerprint density at radius 2 is 1.46 bits per heavy atom. The zero-order valence-electron chi connectivity index (χ0n) is 39.4. The van der Waals surface area contributed by atoms with Crippen LogP contribution in [-0.4, -0.2) is 126 Å². The van der Waals surface area contributed by atoms with Gasteiger partial charge < -0.3 is 49.7 Å². The van der Waals surface area contributed by atoms with Crippen molar-refractivity contribution in [3.05, 3.63) is 82.7 Å². The highest BCUT2D eigenvalue weighted by molar-refractivity contribution is 7.81. The number of amides is 8. The van der Waals surface area contributed by atoms with Gasteiger partial charge in [0.05, 0.1) is 13.2 Å². The molecule has 0 bridgehead atoms. The van der Waals surface area contributed by atoms with Gasteiger partial charge in [-0.2, -0.15) is 0 Å². The molecule has 0 fully saturated rings. The quantitative estimate of drug-likeness (QED) is 0.0367. The van der Waals surface area contributed by atoms with Gasteiger partial charge in [-0.25, -0.2) is 14.4 Å².